The lowest BCUT2D eigenvalue weighted by molar-refractivity contribution is 0.0497. The molecule has 0 fully saturated rings. The van der Waals surface area contributed by atoms with Crippen LogP contribution < -0.4 is 5.14 Å². The zero-order chi connectivity index (χ0) is 15.9. The van der Waals surface area contributed by atoms with Crippen LogP contribution in [0.3, 0.4) is 0 Å². The Morgan fingerprint density at radius 2 is 1.86 bits per heavy atom. The van der Waals surface area contributed by atoms with Gasteiger partial charge in [-0.25, -0.2) is 18.4 Å². The summed E-state index contributed by atoms with van der Waals surface area (Å²) < 4.78 is 27.8. The van der Waals surface area contributed by atoms with Crippen LogP contribution in [0.15, 0.2) is 9.59 Å². The first-order valence-corrected chi connectivity index (χ1v) is 9.58. The van der Waals surface area contributed by atoms with Crippen molar-refractivity contribution in [1.82, 2.24) is 0 Å². The normalized spacial score (nSPS) is 11.6. The minimum Gasteiger partial charge on any atom is -0.462 e. The van der Waals surface area contributed by atoms with E-state index in [1.165, 1.54) is 24.6 Å². The molecular formula is C14H23NO4S2. The molecule has 0 amide bonds. The zero-order valence-electron chi connectivity index (χ0n) is 12.6. The van der Waals surface area contributed by atoms with Gasteiger partial charge < -0.3 is 4.74 Å². The summed E-state index contributed by atoms with van der Waals surface area (Å²) >= 11 is 0.950. The Bertz CT molecular complexity index is 564. The Kier molecular flexibility index (Phi) is 7.34. The highest BCUT2D eigenvalue weighted by Crippen LogP contribution is 2.26. The number of primary sulfonamides is 1. The molecule has 0 aliphatic carbocycles. The SMILES string of the molecule is CCCCCCCCOC(=O)c1csc(S(N)(=O)=O)c1C. The third-order valence-corrected chi connectivity index (χ3v) is 5.89. The number of unbranched alkanes of at least 4 members (excludes halogenated alkanes) is 5. The van der Waals surface area contributed by atoms with Gasteiger partial charge in [0, 0.05) is 5.38 Å². The van der Waals surface area contributed by atoms with Crippen molar-refractivity contribution in [1.29, 1.82) is 0 Å². The van der Waals surface area contributed by atoms with Crippen LogP contribution >= 0.6 is 11.3 Å². The topological polar surface area (TPSA) is 86.5 Å². The van der Waals surface area contributed by atoms with E-state index in [1.807, 2.05) is 0 Å². The lowest BCUT2D eigenvalue weighted by Gasteiger charge is -2.05. The van der Waals surface area contributed by atoms with E-state index in [1.54, 1.807) is 6.92 Å². The molecule has 1 aromatic rings. The molecule has 120 valence electrons. The maximum absolute atomic E-state index is 11.9. The third-order valence-electron chi connectivity index (χ3n) is 3.20. The number of ether oxygens (including phenoxy) is 1. The number of carbonyl (C=O) groups excluding carboxylic acids is 1. The molecule has 0 bridgehead atoms. The molecule has 1 heterocycles. The molecule has 7 heteroatoms. The summed E-state index contributed by atoms with van der Waals surface area (Å²) in [7, 11) is -3.77. The average Bonchev–Trinajstić information content (AvgIpc) is 2.79. The molecule has 0 spiro atoms. The van der Waals surface area contributed by atoms with Gasteiger partial charge in [-0.05, 0) is 18.9 Å². The molecule has 1 rings (SSSR count). The lowest BCUT2D eigenvalue weighted by Crippen LogP contribution is -2.13. The fourth-order valence-electron chi connectivity index (χ4n) is 2.01. The van der Waals surface area contributed by atoms with E-state index in [9.17, 15) is 13.2 Å². The molecule has 0 aromatic carbocycles. The summed E-state index contributed by atoms with van der Waals surface area (Å²) in [6.07, 6.45) is 6.69. The molecule has 0 aliphatic heterocycles. The largest absolute Gasteiger partial charge is 0.462 e. The van der Waals surface area contributed by atoms with Gasteiger partial charge in [0.15, 0.2) is 0 Å². The first-order chi connectivity index (χ1) is 9.88. The van der Waals surface area contributed by atoms with Crippen LogP contribution in [0.4, 0.5) is 0 Å². The highest BCUT2D eigenvalue weighted by Gasteiger charge is 2.21. The molecule has 0 radical (unpaired) electrons. The number of carbonyl (C=O) groups is 1. The zero-order valence-corrected chi connectivity index (χ0v) is 14.2. The van der Waals surface area contributed by atoms with Gasteiger partial charge in [0.25, 0.3) is 0 Å². The van der Waals surface area contributed by atoms with Gasteiger partial charge in [0.1, 0.15) is 4.21 Å². The van der Waals surface area contributed by atoms with Gasteiger partial charge in [-0.1, -0.05) is 39.0 Å². The van der Waals surface area contributed by atoms with Gasteiger partial charge in [-0.15, -0.1) is 11.3 Å². The summed E-state index contributed by atoms with van der Waals surface area (Å²) in [5, 5.41) is 6.57. The van der Waals surface area contributed by atoms with E-state index in [0.29, 0.717) is 12.2 Å². The number of thiophene rings is 1. The third kappa shape index (κ3) is 5.76. The van der Waals surface area contributed by atoms with Crippen LogP contribution in [0.2, 0.25) is 0 Å². The monoisotopic (exact) mass is 333 g/mol. The second-order valence-corrected chi connectivity index (χ2v) is 7.65. The number of rotatable bonds is 9. The Hall–Kier alpha value is -0.920. The van der Waals surface area contributed by atoms with E-state index in [2.05, 4.69) is 6.92 Å². The van der Waals surface area contributed by atoms with Crippen LogP contribution in [-0.4, -0.2) is 21.0 Å². The first-order valence-electron chi connectivity index (χ1n) is 7.16. The van der Waals surface area contributed by atoms with Gasteiger partial charge in [0.2, 0.25) is 10.0 Å². The van der Waals surface area contributed by atoms with Crippen molar-refractivity contribution in [3.8, 4) is 0 Å². The van der Waals surface area contributed by atoms with Crippen LogP contribution in [0, 0.1) is 6.92 Å². The summed E-state index contributed by atoms with van der Waals surface area (Å²) in [5.74, 6) is -0.479. The van der Waals surface area contributed by atoms with Gasteiger partial charge in [-0.2, -0.15) is 0 Å². The number of esters is 1. The van der Waals surface area contributed by atoms with E-state index in [4.69, 9.17) is 9.88 Å². The van der Waals surface area contributed by atoms with Crippen LogP contribution in [0.25, 0.3) is 0 Å². The predicted octanol–water partition coefficient (Wildman–Crippen LogP) is 3.22. The van der Waals surface area contributed by atoms with E-state index in [0.717, 1.165) is 30.6 Å². The second-order valence-electron chi connectivity index (χ2n) is 5.01. The molecule has 0 unspecified atom stereocenters. The summed E-state index contributed by atoms with van der Waals surface area (Å²) in [5.41, 5.74) is 0.658. The molecule has 2 N–H and O–H groups in total. The van der Waals surface area contributed by atoms with Crippen LogP contribution in [0.1, 0.15) is 61.4 Å². The predicted molar refractivity (Wildman–Crippen MR) is 84.1 cm³/mol. The van der Waals surface area contributed by atoms with E-state index >= 15 is 0 Å². The molecular weight excluding hydrogens is 310 g/mol. The van der Waals surface area contributed by atoms with Crippen molar-refractivity contribution < 1.29 is 17.9 Å². The molecule has 5 nitrogen and oxygen atoms in total. The number of sulfonamides is 1. The smallest absolute Gasteiger partial charge is 0.339 e. The summed E-state index contributed by atoms with van der Waals surface area (Å²) in [6.45, 7) is 4.10. The second kappa shape index (κ2) is 8.51. The van der Waals surface area contributed by atoms with Crippen LogP contribution in [-0.2, 0) is 14.8 Å². The standard InChI is InChI=1S/C14H23NO4S2/c1-3-4-5-6-7-8-9-19-13(16)12-10-20-14(11(12)2)21(15,17)18/h10H,3-9H2,1-2H3,(H2,15,17,18). The number of hydrogen-bond donors (Lipinski definition) is 1. The highest BCUT2D eigenvalue weighted by atomic mass is 32.2. The minimum atomic E-state index is -3.77. The fraction of sp³-hybridized carbons (Fsp3) is 0.643. The average molecular weight is 333 g/mol. The quantitative estimate of drug-likeness (QED) is 0.555. The van der Waals surface area contributed by atoms with Gasteiger partial charge in [-0.3, -0.25) is 0 Å². The lowest BCUT2D eigenvalue weighted by atomic mass is 10.1. The maximum Gasteiger partial charge on any atom is 0.339 e. The highest BCUT2D eigenvalue weighted by molar-refractivity contribution is 7.91. The Morgan fingerprint density at radius 3 is 2.43 bits per heavy atom. The van der Waals surface area contributed by atoms with E-state index in [-0.39, 0.29) is 9.77 Å². The Morgan fingerprint density at radius 1 is 1.24 bits per heavy atom. The summed E-state index contributed by atoms with van der Waals surface area (Å²) in [4.78, 5) is 11.9. The van der Waals surface area contributed by atoms with Crippen molar-refractivity contribution in [2.24, 2.45) is 5.14 Å². The number of hydrogen-bond acceptors (Lipinski definition) is 5. The Labute approximate surface area is 130 Å². The molecule has 0 aliphatic rings. The van der Waals surface area contributed by atoms with Gasteiger partial charge >= 0.3 is 5.97 Å². The van der Waals surface area contributed by atoms with Crippen molar-refractivity contribution in [3.05, 3.63) is 16.5 Å². The van der Waals surface area contributed by atoms with Gasteiger partial charge in [0.05, 0.1) is 12.2 Å². The summed E-state index contributed by atoms with van der Waals surface area (Å²) in [6, 6.07) is 0. The van der Waals surface area contributed by atoms with Crippen molar-refractivity contribution in [2.75, 3.05) is 6.61 Å². The molecule has 1 aromatic heterocycles. The fourth-order valence-corrected chi connectivity index (χ4v) is 4.01. The maximum atomic E-state index is 11.9. The molecule has 0 atom stereocenters. The number of nitrogens with two attached hydrogens (primary N) is 1. The molecule has 0 saturated carbocycles. The van der Waals surface area contributed by atoms with E-state index < -0.39 is 16.0 Å². The Balaban J connectivity index is 2.42. The van der Waals surface area contributed by atoms with Crippen molar-refractivity contribution >= 4 is 27.3 Å². The molecule has 21 heavy (non-hydrogen) atoms. The van der Waals surface area contributed by atoms with Crippen molar-refractivity contribution in [3.63, 3.8) is 0 Å². The van der Waals surface area contributed by atoms with Crippen molar-refractivity contribution in [2.45, 2.75) is 56.6 Å². The van der Waals surface area contributed by atoms with Crippen LogP contribution in [0.5, 0.6) is 0 Å². The first kappa shape index (κ1) is 18.1. The molecule has 0 saturated heterocycles. The minimum absolute atomic E-state index is 0.0222.